The lowest BCUT2D eigenvalue weighted by molar-refractivity contribution is 0.0783. The van der Waals surface area contributed by atoms with Gasteiger partial charge in [0.25, 0.3) is 0 Å². The van der Waals surface area contributed by atoms with Gasteiger partial charge < -0.3 is 19.1 Å². The van der Waals surface area contributed by atoms with E-state index in [4.69, 9.17) is 14.2 Å². The summed E-state index contributed by atoms with van der Waals surface area (Å²) in [6, 6.07) is 3.43. The Morgan fingerprint density at radius 2 is 2.19 bits per heavy atom. The monoisotopic (exact) mass is 355 g/mol. The molecular weight excluding hydrogens is 334 g/mol. The van der Waals surface area contributed by atoms with Crippen LogP contribution in [0.25, 0.3) is 0 Å². The van der Waals surface area contributed by atoms with Crippen molar-refractivity contribution in [3.05, 3.63) is 54.0 Å². The smallest absolute Gasteiger partial charge is 0.230 e. The third-order valence-electron chi connectivity index (χ3n) is 3.38. The fourth-order valence-corrected chi connectivity index (χ4v) is 2.10. The van der Waals surface area contributed by atoms with Crippen molar-refractivity contribution in [3.63, 3.8) is 0 Å². The van der Waals surface area contributed by atoms with Gasteiger partial charge in [-0.1, -0.05) is 0 Å². The van der Waals surface area contributed by atoms with Crippen molar-refractivity contribution in [2.45, 2.75) is 6.92 Å². The van der Waals surface area contributed by atoms with E-state index in [-0.39, 0.29) is 6.79 Å². The van der Waals surface area contributed by atoms with E-state index in [1.54, 1.807) is 31.7 Å². The second-order valence-electron chi connectivity index (χ2n) is 5.00. The van der Waals surface area contributed by atoms with E-state index in [1.165, 1.54) is 6.26 Å². The normalized spacial score (nSPS) is 14.5. The number of aromatic nitrogens is 1. The van der Waals surface area contributed by atoms with E-state index in [0.29, 0.717) is 35.4 Å². The highest BCUT2D eigenvalue weighted by Crippen LogP contribution is 2.23. The standard InChI is InChI=1S/C18H21N5O3/c1-14(19-2)18(23-9-5-8-21-12-23)16(20-3)11-25-13-26-15-6-7-17(24-4)22-10-15/h5-11H,2-3,12-13H2,1,4H3/b16-11-,18-14-. The molecule has 136 valence electrons. The molecule has 0 aliphatic carbocycles. The van der Waals surface area contributed by atoms with Crippen LogP contribution in [0.2, 0.25) is 0 Å². The Labute approximate surface area is 152 Å². The summed E-state index contributed by atoms with van der Waals surface area (Å²) in [6.45, 7) is 9.43. The largest absolute Gasteiger partial charge is 0.481 e. The first-order valence-corrected chi connectivity index (χ1v) is 7.72. The van der Waals surface area contributed by atoms with Gasteiger partial charge in [0, 0.05) is 18.5 Å². The zero-order valence-corrected chi connectivity index (χ0v) is 14.8. The summed E-state index contributed by atoms with van der Waals surface area (Å²) in [6.07, 6.45) is 8.42. The highest BCUT2D eigenvalue weighted by molar-refractivity contribution is 5.71. The van der Waals surface area contributed by atoms with Gasteiger partial charge in [-0.05, 0) is 32.5 Å². The molecule has 2 rings (SSSR count). The van der Waals surface area contributed by atoms with Gasteiger partial charge in [-0.2, -0.15) is 0 Å². The Morgan fingerprint density at radius 3 is 2.77 bits per heavy atom. The number of hydrogen-bond donors (Lipinski definition) is 0. The van der Waals surface area contributed by atoms with Crippen molar-refractivity contribution >= 4 is 19.6 Å². The maximum absolute atomic E-state index is 5.46. The third-order valence-corrected chi connectivity index (χ3v) is 3.38. The van der Waals surface area contributed by atoms with Gasteiger partial charge in [-0.25, -0.2) is 4.98 Å². The molecule has 0 saturated carbocycles. The SMILES string of the molecule is C=NC(=C\OCOc1ccc(OC)nc1)/C(=C(\C)N=C)N1C=CC=NC1. The number of nitrogens with zero attached hydrogens (tertiary/aromatic N) is 5. The van der Waals surface area contributed by atoms with Crippen LogP contribution in [0.15, 0.2) is 68.9 Å². The number of methoxy groups -OCH3 is 1. The van der Waals surface area contributed by atoms with Crippen molar-refractivity contribution in [3.8, 4) is 11.6 Å². The van der Waals surface area contributed by atoms with Crippen LogP contribution in [0.3, 0.4) is 0 Å². The maximum atomic E-state index is 5.46. The molecule has 0 unspecified atom stereocenters. The van der Waals surface area contributed by atoms with E-state index in [9.17, 15) is 0 Å². The number of pyridine rings is 1. The first kappa shape index (κ1) is 18.9. The van der Waals surface area contributed by atoms with Crippen molar-refractivity contribution in [1.82, 2.24) is 9.88 Å². The molecule has 0 bridgehead atoms. The Morgan fingerprint density at radius 1 is 1.35 bits per heavy atom. The van der Waals surface area contributed by atoms with Gasteiger partial charge in [0.15, 0.2) is 0 Å². The molecule has 1 aliphatic heterocycles. The third kappa shape index (κ3) is 5.04. The van der Waals surface area contributed by atoms with E-state index in [1.807, 2.05) is 24.1 Å². The molecule has 0 radical (unpaired) electrons. The van der Waals surface area contributed by atoms with Crippen molar-refractivity contribution < 1.29 is 14.2 Å². The molecule has 1 aromatic rings. The lowest BCUT2D eigenvalue weighted by atomic mass is 10.2. The molecule has 1 aromatic heterocycles. The summed E-state index contributed by atoms with van der Waals surface area (Å²) in [5, 5.41) is 0. The topological polar surface area (TPSA) is 80.9 Å². The molecule has 0 fully saturated rings. The Bertz CT molecular complexity index is 751. The lowest BCUT2D eigenvalue weighted by Crippen LogP contribution is -2.21. The van der Waals surface area contributed by atoms with Crippen LogP contribution in [-0.2, 0) is 4.74 Å². The maximum Gasteiger partial charge on any atom is 0.230 e. The Balaban J connectivity index is 2.04. The summed E-state index contributed by atoms with van der Waals surface area (Å²) in [4.78, 5) is 18.2. The number of allylic oxidation sites excluding steroid dienone is 2. The number of aliphatic imine (C=N–C) groups is 3. The van der Waals surface area contributed by atoms with Gasteiger partial charge in [-0.15, -0.1) is 0 Å². The molecule has 0 amide bonds. The van der Waals surface area contributed by atoms with Crippen molar-refractivity contribution in [2.75, 3.05) is 20.6 Å². The summed E-state index contributed by atoms with van der Waals surface area (Å²) in [5.41, 5.74) is 1.87. The van der Waals surface area contributed by atoms with Gasteiger partial charge in [0.2, 0.25) is 12.7 Å². The van der Waals surface area contributed by atoms with E-state index in [0.717, 1.165) is 0 Å². The zero-order valence-electron chi connectivity index (χ0n) is 14.8. The van der Waals surface area contributed by atoms with Crippen LogP contribution < -0.4 is 9.47 Å². The van der Waals surface area contributed by atoms with Gasteiger partial charge in [0.05, 0.1) is 24.7 Å². The second-order valence-corrected chi connectivity index (χ2v) is 5.00. The first-order valence-electron chi connectivity index (χ1n) is 7.72. The molecular formula is C18H21N5O3. The molecule has 1 aliphatic rings. The number of hydrogen-bond acceptors (Lipinski definition) is 8. The van der Waals surface area contributed by atoms with Crippen molar-refractivity contribution in [2.24, 2.45) is 15.0 Å². The summed E-state index contributed by atoms with van der Waals surface area (Å²) < 4.78 is 15.9. The highest BCUT2D eigenvalue weighted by atomic mass is 16.7. The fraction of sp³-hybridized carbons (Fsp3) is 0.222. The predicted molar refractivity (Wildman–Crippen MR) is 102 cm³/mol. The predicted octanol–water partition coefficient (Wildman–Crippen LogP) is 2.77. The first-order chi connectivity index (χ1) is 12.7. The fourth-order valence-electron chi connectivity index (χ4n) is 2.10. The lowest BCUT2D eigenvalue weighted by Gasteiger charge is -2.24. The molecule has 0 saturated heterocycles. The molecule has 8 heteroatoms. The summed E-state index contributed by atoms with van der Waals surface area (Å²) in [7, 11) is 1.55. The molecule has 0 aromatic carbocycles. The minimum Gasteiger partial charge on any atom is -0.481 e. The van der Waals surface area contributed by atoms with Gasteiger partial charge in [0.1, 0.15) is 24.4 Å². The van der Waals surface area contributed by atoms with Crippen LogP contribution in [0.5, 0.6) is 11.6 Å². The van der Waals surface area contributed by atoms with Crippen LogP contribution >= 0.6 is 0 Å². The van der Waals surface area contributed by atoms with Crippen LogP contribution in [0, 0.1) is 0 Å². The van der Waals surface area contributed by atoms with Crippen LogP contribution in [0.4, 0.5) is 0 Å². The van der Waals surface area contributed by atoms with Crippen LogP contribution in [0.1, 0.15) is 6.92 Å². The molecule has 0 atom stereocenters. The quantitative estimate of drug-likeness (QED) is 0.224. The average Bonchev–Trinajstić information content (AvgIpc) is 2.71. The minimum atomic E-state index is -0.0190. The van der Waals surface area contributed by atoms with Gasteiger partial charge in [-0.3, -0.25) is 15.0 Å². The number of ether oxygens (including phenoxy) is 3. The Hall–Kier alpha value is -3.42. The minimum absolute atomic E-state index is 0.0190. The average molecular weight is 355 g/mol. The molecule has 0 N–H and O–H groups in total. The van der Waals surface area contributed by atoms with Crippen LogP contribution in [-0.4, -0.2) is 50.1 Å². The summed E-state index contributed by atoms with van der Waals surface area (Å²) in [5.74, 6) is 1.07. The second kappa shape index (κ2) is 9.77. The highest BCUT2D eigenvalue weighted by Gasteiger charge is 2.16. The Kier molecular flexibility index (Phi) is 7.11. The summed E-state index contributed by atoms with van der Waals surface area (Å²) >= 11 is 0. The molecule has 26 heavy (non-hydrogen) atoms. The van der Waals surface area contributed by atoms with E-state index in [2.05, 4.69) is 33.4 Å². The van der Waals surface area contributed by atoms with Gasteiger partial charge >= 0.3 is 0 Å². The zero-order chi connectivity index (χ0) is 18.8. The number of rotatable bonds is 9. The van der Waals surface area contributed by atoms with E-state index >= 15 is 0 Å². The molecule has 8 nitrogen and oxygen atoms in total. The van der Waals surface area contributed by atoms with E-state index < -0.39 is 0 Å². The molecule has 2 heterocycles. The molecule has 0 spiro atoms. The van der Waals surface area contributed by atoms with Crippen molar-refractivity contribution in [1.29, 1.82) is 0 Å².